The van der Waals surface area contributed by atoms with Gasteiger partial charge in [0.1, 0.15) is 12.4 Å². The molecule has 0 radical (unpaired) electrons. The molecular formula is C23H27NO5. The van der Waals surface area contributed by atoms with Crippen LogP contribution in [0.5, 0.6) is 5.75 Å². The molecule has 0 N–H and O–H groups in total. The zero-order valence-electron chi connectivity index (χ0n) is 16.9. The van der Waals surface area contributed by atoms with Crippen molar-refractivity contribution in [2.75, 3.05) is 24.7 Å². The third kappa shape index (κ3) is 5.81. The van der Waals surface area contributed by atoms with Crippen molar-refractivity contribution in [2.45, 2.75) is 38.8 Å². The molecule has 1 amide bonds. The number of nitrogens with zero attached hydrogens (tertiary/aromatic N) is 1. The molecule has 154 valence electrons. The number of rotatable bonds is 8. The lowest BCUT2D eigenvalue weighted by Crippen LogP contribution is -2.39. The van der Waals surface area contributed by atoms with E-state index in [1.165, 1.54) is 0 Å². The van der Waals surface area contributed by atoms with Gasteiger partial charge in [-0.15, -0.1) is 0 Å². The zero-order chi connectivity index (χ0) is 20.6. The SMILES string of the molecule is CC(C)N(C(=O)COC(=O)c1ccc(OC[C@@H]2CCCO2)cc1)c1ccccc1. The molecule has 2 aromatic rings. The summed E-state index contributed by atoms with van der Waals surface area (Å²) >= 11 is 0. The Morgan fingerprint density at radius 3 is 2.45 bits per heavy atom. The summed E-state index contributed by atoms with van der Waals surface area (Å²) in [6.45, 7) is 4.81. The van der Waals surface area contributed by atoms with Crippen LogP contribution in [0.1, 0.15) is 37.0 Å². The van der Waals surface area contributed by atoms with Gasteiger partial charge in [0.05, 0.1) is 11.7 Å². The number of carbonyl (C=O) groups excluding carboxylic acids is 2. The number of hydrogen-bond acceptors (Lipinski definition) is 5. The molecule has 1 saturated heterocycles. The Morgan fingerprint density at radius 1 is 1.10 bits per heavy atom. The highest BCUT2D eigenvalue weighted by molar-refractivity contribution is 5.97. The molecular weight excluding hydrogens is 370 g/mol. The maximum absolute atomic E-state index is 12.6. The van der Waals surface area contributed by atoms with Gasteiger partial charge in [0, 0.05) is 18.3 Å². The van der Waals surface area contributed by atoms with Gasteiger partial charge in [-0.2, -0.15) is 0 Å². The number of esters is 1. The Labute approximate surface area is 171 Å². The number of carbonyl (C=O) groups is 2. The molecule has 0 bridgehead atoms. The number of hydrogen-bond donors (Lipinski definition) is 0. The first-order valence-corrected chi connectivity index (χ1v) is 9.93. The van der Waals surface area contributed by atoms with Gasteiger partial charge in [-0.25, -0.2) is 4.79 Å². The molecule has 0 aliphatic carbocycles. The van der Waals surface area contributed by atoms with E-state index in [-0.39, 0.29) is 24.7 Å². The average molecular weight is 397 g/mol. The van der Waals surface area contributed by atoms with Crippen LogP contribution < -0.4 is 9.64 Å². The molecule has 0 spiro atoms. The fourth-order valence-electron chi connectivity index (χ4n) is 3.25. The van der Waals surface area contributed by atoms with Crippen LogP contribution in [0.25, 0.3) is 0 Å². The predicted molar refractivity (Wildman–Crippen MR) is 110 cm³/mol. The van der Waals surface area contributed by atoms with Crippen LogP contribution in [0.15, 0.2) is 54.6 Å². The van der Waals surface area contributed by atoms with Crippen LogP contribution in [0.4, 0.5) is 5.69 Å². The Morgan fingerprint density at radius 2 is 1.83 bits per heavy atom. The first-order chi connectivity index (χ1) is 14.0. The molecule has 1 aliphatic heterocycles. The minimum atomic E-state index is -0.541. The van der Waals surface area contributed by atoms with Gasteiger partial charge in [-0.1, -0.05) is 18.2 Å². The molecule has 1 aliphatic rings. The predicted octanol–water partition coefficient (Wildman–Crippen LogP) is 3.84. The molecule has 6 nitrogen and oxygen atoms in total. The molecule has 0 aromatic heterocycles. The maximum atomic E-state index is 12.6. The second-order valence-electron chi connectivity index (χ2n) is 7.24. The summed E-state index contributed by atoms with van der Waals surface area (Å²) in [5, 5.41) is 0. The van der Waals surface area contributed by atoms with Crippen LogP contribution in [0, 0.1) is 0 Å². The van der Waals surface area contributed by atoms with Gasteiger partial charge in [0.2, 0.25) is 0 Å². The molecule has 1 fully saturated rings. The lowest BCUT2D eigenvalue weighted by Gasteiger charge is -2.26. The summed E-state index contributed by atoms with van der Waals surface area (Å²) in [5.41, 5.74) is 1.15. The van der Waals surface area contributed by atoms with E-state index in [0.29, 0.717) is 17.9 Å². The van der Waals surface area contributed by atoms with E-state index in [1.54, 1.807) is 29.2 Å². The van der Waals surface area contributed by atoms with Gasteiger partial charge >= 0.3 is 5.97 Å². The van der Waals surface area contributed by atoms with Crippen LogP contribution in [-0.4, -0.2) is 43.8 Å². The summed E-state index contributed by atoms with van der Waals surface area (Å²) in [6.07, 6.45) is 2.21. The van der Waals surface area contributed by atoms with E-state index in [1.807, 2.05) is 44.2 Å². The van der Waals surface area contributed by atoms with E-state index >= 15 is 0 Å². The number of para-hydroxylation sites is 1. The van der Waals surface area contributed by atoms with Gasteiger partial charge < -0.3 is 19.1 Å². The van der Waals surface area contributed by atoms with Crippen molar-refractivity contribution in [1.82, 2.24) is 0 Å². The molecule has 2 aromatic carbocycles. The normalized spacial score (nSPS) is 15.9. The van der Waals surface area contributed by atoms with E-state index in [2.05, 4.69) is 0 Å². The third-order valence-electron chi connectivity index (χ3n) is 4.70. The Kier molecular flexibility index (Phi) is 7.25. The second-order valence-corrected chi connectivity index (χ2v) is 7.24. The van der Waals surface area contributed by atoms with Gasteiger partial charge in [0.15, 0.2) is 6.61 Å². The summed E-state index contributed by atoms with van der Waals surface area (Å²) in [6, 6.07) is 16.0. The summed E-state index contributed by atoms with van der Waals surface area (Å²) < 4.78 is 16.4. The fourth-order valence-corrected chi connectivity index (χ4v) is 3.25. The van der Waals surface area contributed by atoms with E-state index in [4.69, 9.17) is 14.2 Å². The molecule has 1 heterocycles. The summed E-state index contributed by atoms with van der Waals surface area (Å²) in [7, 11) is 0. The summed E-state index contributed by atoms with van der Waals surface area (Å²) in [5.74, 6) is -0.139. The maximum Gasteiger partial charge on any atom is 0.338 e. The lowest BCUT2D eigenvalue weighted by molar-refractivity contribution is -0.122. The monoisotopic (exact) mass is 397 g/mol. The van der Waals surface area contributed by atoms with E-state index in [9.17, 15) is 9.59 Å². The Bertz CT molecular complexity index is 798. The van der Waals surface area contributed by atoms with Gasteiger partial charge in [-0.3, -0.25) is 4.79 Å². The lowest BCUT2D eigenvalue weighted by atomic mass is 10.2. The number of benzene rings is 2. The van der Waals surface area contributed by atoms with Crippen molar-refractivity contribution in [3.05, 3.63) is 60.2 Å². The largest absolute Gasteiger partial charge is 0.491 e. The van der Waals surface area contributed by atoms with Crippen molar-refractivity contribution in [1.29, 1.82) is 0 Å². The fraction of sp³-hybridized carbons (Fsp3) is 0.391. The van der Waals surface area contributed by atoms with Crippen LogP contribution >= 0.6 is 0 Å². The smallest absolute Gasteiger partial charge is 0.338 e. The molecule has 3 rings (SSSR count). The van der Waals surface area contributed by atoms with Crippen molar-refractivity contribution >= 4 is 17.6 Å². The summed E-state index contributed by atoms with van der Waals surface area (Å²) in [4.78, 5) is 26.5. The molecule has 6 heteroatoms. The van der Waals surface area contributed by atoms with E-state index < -0.39 is 5.97 Å². The minimum absolute atomic E-state index is 0.0520. The van der Waals surface area contributed by atoms with Crippen molar-refractivity contribution in [3.63, 3.8) is 0 Å². The highest BCUT2D eigenvalue weighted by Crippen LogP contribution is 2.18. The Balaban J connectivity index is 1.52. The second kappa shape index (κ2) is 10.1. The van der Waals surface area contributed by atoms with Crippen molar-refractivity contribution < 1.29 is 23.8 Å². The topological polar surface area (TPSA) is 65.1 Å². The minimum Gasteiger partial charge on any atom is -0.491 e. The quantitative estimate of drug-likeness (QED) is 0.633. The van der Waals surface area contributed by atoms with Gasteiger partial charge in [0.25, 0.3) is 5.91 Å². The number of anilines is 1. The highest BCUT2D eigenvalue weighted by atomic mass is 16.5. The molecule has 0 unspecified atom stereocenters. The van der Waals surface area contributed by atoms with Gasteiger partial charge in [-0.05, 0) is 63.1 Å². The van der Waals surface area contributed by atoms with Crippen LogP contribution in [-0.2, 0) is 14.3 Å². The van der Waals surface area contributed by atoms with Crippen LogP contribution in [0.2, 0.25) is 0 Å². The zero-order valence-corrected chi connectivity index (χ0v) is 16.9. The van der Waals surface area contributed by atoms with Crippen molar-refractivity contribution in [3.8, 4) is 5.75 Å². The third-order valence-corrected chi connectivity index (χ3v) is 4.70. The molecule has 1 atom stereocenters. The molecule has 29 heavy (non-hydrogen) atoms. The highest BCUT2D eigenvalue weighted by Gasteiger charge is 2.21. The number of ether oxygens (including phenoxy) is 3. The standard InChI is InChI=1S/C23H27NO5/c1-17(2)24(19-7-4-3-5-8-19)22(25)16-29-23(26)18-10-12-20(13-11-18)28-15-21-9-6-14-27-21/h3-5,7-8,10-13,17,21H,6,9,14-16H2,1-2H3/t21-/m0/s1. The first kappa shape index (κ1) is 20.9. The first-order valence-electron chi connectivity index (χ1n) is 9.93. The molecule has 0 saturated carbocycles. The average Bonchev–Trinajstić information content (AvgIpc) is 3.25. The van der Waals surface area contributed by atoms with Crippen molar-refractivity contribution in [2.24, 2.45) is 0 Å². The number of amides is 1. The van der Waals surface area contributed by atoms with Crippen LogP contribution in [0.3, 0.4) is 0 Å². The Hall–Kier alpha value is -2.86. The van der Waals surface area contributed by atoms with E-state index in [0.717, 1.165) is 25.1 Å².